The van der Waals surface area contributed by atoms with Gasteiger partial charge in [-0.25, -0.2) is 8.78 Å². The van der Waals surface area contributed by atoms with E-state index in [9.17, 15) is 13.6 Å². The minimum absolute atomic E-state index is 0.116. The summed E-state index contributed by atoms with van der Waals surface area (Å²) >= 11 is 1.43. The molecule has 0 saturated heterocycles. The van der Waals surface area contributed by atoms with Crippen LogP contribution in [0.5, 0.6) is 0 Å². The van der Waals surface area contributed by atoms with Crippen molar-refractivity contribution >= 4 is 17.2 Å². The fraction of sp³-hybridized carbons (Fsp3) is 0.533. The molecule has 2 nitrogen and oxygen atoms in total. The molecule has 1 fully saturated rings. The molecule has 0 aliphatic heterocycles. The molecule has 2 rings (SSSR count). The third-order valence-electron chi connectivity index (χ3n) is 3.99. The molecular formula is C15H17F2NOS. The maximum atomic E-state index is 13.2. The van der Waals surface area contributed by atoms with Crippen LogP contribution in [-0.2, 0) is 0 Å². The van der Waals surface area contributed by atoms with E-state index in [-0.39, 0.29) is 24.7 Å². The fourth-order valence-electron chi connectivity index (χ4n) is 2.58. The Kier molecular flexibility index (Phi) is 4.14. The summed E-state index contributed by atoms with van der Waals surface area (Å²) in [6.07, 6.45) is 5.89. The van der Waals surface area contributed by atoms with E-state index in [0.29, 0.717) is 18.4 Å². The predicted octanol–water partition coefficient (Wildman–Crippen LogP) is 3.70. The first-order chi connectivity index (χ1) is 9.36. The van der Waals surface area contributed by atoms with Gasteiger partial charge < -0.3 is 5.32 Å². The quantitative estimate of drug-likeness (QED) is 0.847. The summed E-state index contributed by atoms with van der Waals surface area (Å²) in [5, 5.41) is 6.38. The van der Waals surface area contributed by atoms with Gasteiger partial charge in [0.25, 0.3) is 5.91 Å². The summed E-state index contributed by atoms with van der Waals surface area (Å²) in [6, 6.07) is 1.71. The van der Waals surface area contributed by atoms with Crippen molar-refractivity contribution in [3.63, 3.8) is 0 Å². The molecule has 1 atom stereocenters. The van der Waals surface area contributed by atoms with Gasteiger partial charge in [-0.1, -0.05) is 5.92 Å². The van der Waals surface area contributed by atoms with Crippen LogP contribution in [0.15, 0.2) is 16.8 Å². The SMILES string of the molecule is C#C[C@@](C)(NC(=O)c1ccsc1)C1CCC(F)(F)CC1. The van der Waals surface area contributed by atoms with Gasteiger partial charge in [0, 0.05) is 18.2 Å². The third-order valence-corrected chi connectivity index (χ3v) is 4.67. The Balaban J connectivity index is 2.06. The minimum Gasteiger partial charge on any atom is -0.336 e. The van der Waals surface area contributed by atoms with Crippen molar-refractivity contribution in [1.29, 1.82) is 0 Å². The van der Waals surface area contributed by atoms with E-state index in [1.807, 2.05) is 5.38 Å². The van der Waals surface area contributed by atoms with E-state index in [0.717, 1.165) is 0 Å². The van der Waals surface area contributed by atoms with E-state index < -0.39 is 11.5 Å². The van der Waals surface area contributed by atoms with Crippen molar-refractivity contribution in [2.75, 3.05) is 0 Å². The molecule has 0 radical (unpaired) electrons. The summed E-state index contributed by atoms with van der Waals surface area (Å²) in [4.78, 5) is 12.1. The highest BCUT2D eigenvalue weighted by atomic mass is 32.1. The topological polar surface area (TPSA) is 29.1 Å². The molecule has 1 aliphatic carbocycles. The third kappa shape index (κ3) is 3.18. The fourth-order valence-corrected chi connectivity index (χ4v) is 3.21. The number of thiophene rings is 1. The molecule has 0 aromatic carbocycles. The number of carbonyl (C=O) groups excluding carboxylic acids is 1. The number of hydrogen-bond donors (Lipinski definition) is 1. The molecular weight excluding hydrogens is 280 g/mol. The monoisotopic (exact) mass is 297 g/mol. The zero-order valence-corrected chi connectivity index (χ0v) is 12.1. The number of alkyl halides is 2. The largest absolute Gasteiger partial charge is 0.336 e. The molecule has 1 N–H and O–H groups in total. The molecule has 20 heavy (non-hydrogen) atoms. The second-order valence-corrected chi connectivity index (χ2v) is 6.22. The molecule has 1 heterocycles. The first-order valence-electron chi connectivity index (χ1n) is 6.57. The Morgan fingerprint density at radius 2 is 2.20 bits per heavy atom. The van der Waals surface area contributed by atoms with Gasteiger partial charge in [0.2, 0.25) is 5.92 Å². The second-order valence-electron chi connectivity index (χ2n) is 5.44. The number of nitrogens with one attached hydrogen (secondary N) is 1. The maximum absolute atomic E-state index is 13.2. The standard InChI is InChI=1S/C15H17F2NOS/c1-3-14(2,12-4-7-15(16,17)8-5-12)18-13(19)11-6-9-20-10-11/h1,6,9-10,12H,4-5,7-8H2,2H3,(H,18,19)/t14-/m1/s1. The number of carbonyl (C=O) groups is 1. The van der Waals surface area contributed by atoms with Gasteiger partial charge in [-0.15, -0.1) is 6.42 Å². The average Bonchev–Trinajstić information content (AvgIpc) is 2.92. The minimum atomic E-state index is -2.59. The van der Waals surface area contributed by atoms with Crippen LogP contribution in [-0.4, -0.2) is 17.4 Å². The van der Waals surface area contributed by atoms with Crippen LogP contribution in [0.1, 0.15) is 43.0 Å². The first-order valence-corrected chi connectivity index (χ1v) is 7.51. The molecule has 0 spiro atoms. The zero-order chi connectivity index (χ0) is 14.8. The highest BCUT2D eigenvalue weighted by Gasteiger charge is 2.42. The van der Waals surface area contributed by atoms with Gasteiger partial charge in [0.15, 0.2) is 0 Å². The molecule has 5 heteroatoms. The van der Waals surface area contributed by atoms with Gasteiger partial charge in [-0.3, -0.25) is 4.79 Å². The Hall–Kier alpha value is -1.41. The van der Waals surface area contributed by atoms with Crippen LogP contribution in [0.2, 0.25) is 0 Å². The highest BCUT2D eigenvalue weighted by molar-refractivity contribution is 7.08. The van der Waals surface area contributed by atoms with Crippen LogP contribution in [0.25, 0.3) is 0 Å². The van der Waals surface area contributed by atoms with E-state index in [1.54, 1.807) is 18.4 Å². The van der Waals surface area contributed by atoms with Crippen LogP contribution in [0, 0.1) is 18.3 Å². The lowest BCUT2D eigenvalue weighted by Gasteiger charge is -2.38. The summed E-state index contributed by atoms with van der Waals surface area (Å²) in [7, 11) is 0. The number of hydrogen-bond acceptors (Lipinski definition) is 2. The van der Waals surface area contributed by atoms with Crippen molar-refractivity contribution in [3.05, 3.63) is 22.4 Å². The van der Waals surface area contributed by atoms with Crippen molar-refractivity contribution in [1.82, 2.24) is 5.32 Å². The summed E-state index contributed by atoms with van der Waals surface area (Å²) < 4.78 is 26.4. The number of rotatable bonds is 3. The van der Waals surface area contributed by atoms with Crippen LogP contribution < -0.4 is 5.32 Å². The van der Waals surface area contributed by atoms with Gasteiger partial charge in [-0.2, -0.15) is 11.3 Å². The molecule has 1 aromatic rings. The zero-order valence-electron chi connectivity index (χ0n) is 11.3. The van der Waals surface area contributed by atoms with E-state index in [4.69, 9.17) is 6.42 Å². The van der Waals surface area contributed by atoms with Crippen molar-refractivity contribution in [2.45, 2.75) is 44.1 Å². The molecule has 108 valence electrons. The Labute approximate surface area is 121 Å². The van der Waals surface area contributed by atoms with Crippen molar-refractivity contribution in [3.8, 4) is 12.3 Å². The molecule has 1 saturated carbocycles. The van der Waals surface area contributed by atoms with Gasteiger partial charge in [-0.05, 0) is 37.1 Å². The Bertz CT molecular complexity index is 510. The number of halogens is 2. The van der Waals surface area contributed by atoms with Gasteiger partial charge in [0.05, 0.1) is 5.56 Å². The van der Waals surface area contributed by atoms with Crippen molar-refractivity contribution in [2.24, 2.45) is 5.92 Å². The van der Waals surface area contributed by atoms with E-state index in [2.05, 4.69) is 11.2 Å². The van der Waals surface area contributed by atoms with E-state index in [1.165, 1.54) is 11.3 Å². The highest BCUT2D eigenvalue weighted by Crippen LogP contribution is 2.40. The number of terminal acetylenes is 1. The molecule has 1 aromatic heterocycles. The smallest absolute Gasteiger partial charge is 0.253 e. The predicted molar refractivity (Wildman–Crippen MR) is 75.9 cm³/mol. The average molecular weight is 297 g/mol. The summed E-state index contributed by atoms with van der Waals surface area (Å²) in [5.74, 6) is -0.361. The first kappa shape index (κ1) is 15.0. The van der Waals surface area contributed by atoms with Crippen LogP contribution >= 0.6 is 11.3 Å². The maximum Gasteiger partial charge on any atom is 0.253 e. The molecule has 0 bridgehead atoms. The van der Waals surface area contributed by atoms with Crippen molar-refractivity contribution < 1.29 is 13.6 Å². The Morgan fingerprint density at radius 3 is 2.70 bits per heavy atom. The van der Waals surface area contributed by atoms with E-state index >= 15 is 0 Å². The van der Waals surface area contributed by atoms with Crippen LogP contribution in [0.4, 0.5) is 8.78 Å². The molecule has 0 unspecified atom stereocenters. The lowest BCUT2D eigenvalue weighted by Crippen LogP contribution is -2.52. The second kappa shape index (κ2) is 5.53. The van der Waals surface area contributed by atoms with Gasteiger partial charge in [0.1, 0.15) is 5.54 Å². The molecule has 1 amide bonds. The lowest BCUT2D eigenvalue weighted by atomic mass is 9.75. The Morgan fingerprint density at radius 1 is 1.55 bits per heavy atom. The lowest BCUT2D eigenvalue weighted by molar-refractivity contribution is -0.0518. The number of amides is 1. The molecule has 1 aliphatic rings. The summed E-state index contributed by atoms with van der Waals surface area (Å²) in [6.45, 7) is 1.74. The summed E-state index contributed by atoms with van der Waals surface area (Å²) in [5.41, 5.74) is -0.326. The van der Waals surface area contributed by atoms with Crippen LogP contribution in [0.3, 0.4) is 0 Å². The normalized spacial score (nSPS) is 21.7. The van der Waals surface area contributed by atoms with Gasteiger partial charge >= 0.3 is 0 Å².